The molecule has 0 spiro atoms. The van der Waals surface area contributed by atoms with Gasteiger partial charge in [0.25, 0.3) is 0 Å². The zero-order chi connectivity index (χ0) is 14.6. The summed E-state index contributed by atoms with van der Waals surface area (Å²) in [6, 6.07) is 0. The number of hydrogen-bond acceptors (Lipinski definition) is 5. The molecule has 0 aliphatic carbocycles. The van der Waals surface area contributed by atoms with Crippen molar-refractivity contribution in [2.45, 2.75) is 41.0 Å². The van der Waals surface area contributed by atoms with Crippen LogP contribution in [0.1, 0.15) is 38.6 Å². The largest absolute Gasteiger partial charge is 0.330 e. The van der Waals surface area contributed by atoms with Gasteiger partial charge in [0, 0.05) is 6.54 Å². The normalized spacial score (nSPS) is 13.2. The Morgan fingerprint density at radius 1 is 1.26 bits per heavy atom. The van der Waals surface area contributed by atoms with Crippen molar-refractivity contribution < 1.29 is 4.79 Å². The quantitative estimate of drug-likeness (QED) is 0.859. The fraction of sp³-hybridized carbons (Fsp3) is 0.692. The molecular formula is C13H23N5O. The Balaban J connectivity index is 2.74. The van der Waals surface area contributed by atoms with Gasteiger partial charge in [-0.3, -0.25) is 10.1 Å². The molecule has 0 saturated carbocycles. The van der Waals surface area contributed by atoms with Crippen molar-refractivity contribution in [1.29, 1.82) is 0 Å². The van der Waals surface area contributed by atoms with Gasteiger partial charge in [0.1, 0.15) is 0 Å². The van der Waals surface area contributed by atoms with E-state index in [4.69, 9.17) is 5.73 Å². The van der Waals surface area contributed by atoms with Gasteiger partial charge in [-0.05, 0) is 25.7 Å². The van der Waals surface area contributed by atoms with Crippen LogP contribution in [0.3, 0.4) is 0 Å². The Morgan fingerprint density at radius 3 is 2.37 bits per heavy atom. The molecule has 0 aromatic carbocycles. The van der Waals surface area contributed by atoms with Gasteiger partial charge in [0.15, 0.2) is 0 Å². The highest BCUT2D eigenvalue weighted by molar-refractivity contribution is 5.91. The Bertz CT molecular complexity index is 453. The molecule has 19 heavy (non-hydrogen) atoms. The summed E-state index contributed by atoms with van der Waals surface area (Å²) in [5.74, 6) is -0.159. The first kappa shape index (κ1) is 15.5. The zero-order valence-corrected chi connectivity index (χ0v) is 12.3. The molecule has 1 aromatic heterocycles. The molecule has 1 rings (SSSR count). The molecule has 106 valence electrons. The lowest BCUT2D eigenvalue weighted by atomic mass is 9.84. The number of aryl methyl sites for hydroxylation is 2. The Hall–Kier alpha value is -1.56. The lowest BCUT2D eigenvalue weighted by molar-refractivity contribution is -0.120. The van der Waals surface area contributed by atoms with Gasteiger partial charge < -0.3 is 5.73 Å². The number of amides is 1. The lowest BCUT2D eigenvalue weighted by Gasteiger charge is -2.23. The predicted octanol–water partition coefficient (Wildman–Crippen LogP) is 1.44. The second kappa shape index (κ2) is 6.06. The number of rotatable bonds is 4. The van der Waals surface area contributed by atoms with Crippen molar-refractivity contribution in [3.05, 3.63) is 11.4 Å². The summed E-state index contributed by atoms with van der Waals surface area (Å²) in [6.45, 7) is 10.2. The van der Waals surface area contributed by atoms with E-state index in [1.54, 1.807) is 0 Å². The average molecular weight is 265 g/mol. The van der Waals surface area contributed by atoms with Crippen molar-refractivity contribution in [3.8, 4) is 0 Å². The molecule has 0 saturated heterocycles. The molecule has 1 unspecified atom stereocenters. The highest BCUT2D eigenvalue weighted by atomic mass is 16.2. The molecule has 6 heteroatoms. The first-order valence-corrected chi connectivity index (χ1v) is 6.42. The molecule has 1 amide bonds. The first-order valence-electron chi connectivity index (χ1n) is 6.42. The van der Waals surface area contributed by atoms with E-state index in [-0.39, 0.29) is 23.2 Å². The number of anilines is 1. The van der Waals surface area contributed by atoms with E-state index in [0.29, 0.717) is 13.0 Å². The number of carbonyl (C=O) groups is 1. The Kier molecular flexibility index (Phi) is 4.94. The van der Waals surface area contributed by atoms with Crippen LogP contribution >= 0.6 is 0 Å². The summed E-state index contributed by atoms with van der Waals surface area (Å²) in [5, 5.41) is 10.5. The molecular weight excluding hydrogens is 242 g/mol. The van der Waals surface area contributed by atoms with Crippen molar-refractivity contribution >= 4 is 11.9 Å². The third-order valence-electron chi connectivity index (χ3n) is 2.84. The van der Waals surface area contributed by atoms with Gasteiger partial charge in [0.05, 0.1) is 17.3 Å². The van der Waals surface area contributed by atoms with E-state index < -0.39 is 0 Å². The van der Waals surface area contributed by atoms with E-state index in [1.165, 1.54) is 0 Å². The second-order valence-corrected chi connectivity index (χ2v) is 5.99. The minimum Gasteiger partial charge on any atom is -0.330 e. The molecule has 1 atom stereocenters. The predicted molar refractivity (Wildman–Crippen MR) is 74.5 cm³/mol. The minimum atomic E-state index is -0.245. The molecule has 0 radical (unpaired) electrons. The van der Waals surface area contributed by atoms with Gasteiger partial charge in [0.2, 0.25) is 11.9 Å². The molecule has 0 fully saturated rings. The number of hydrogen-bond donors (Lipinski definition) is 2. The molecule has 0 aliphatic heterocycles. The maximum absolute atomic E-state index is 12.1. The number of nitrogens with two attached hydrogens (primary N) is 1. The number of nitrogens with one attached hydrogen (secondary N) is 1. The first-order chi connectivity index (χ1) is 8.73. The summed E-state index contributed by atoms with van der Waals surface area (Å²) < 4.78 is 0. The smallest absolute Gasteiger partial charge is 0.249 e. The van der Waals surface area contributed by atoms with E-state index in [1.807, 2.05) is 13.8 Å². The van der Waals surface area contributed by atoms with E-state index in [0.717, 1.165) is 11.4 Å². The van der Waals surface area contributed by atoms with Crippen LogP contribution < -0.4 is 11.1 Å². The maximum Gasteiger partial charge on any atom is 0.249 e. The van der Waals surface area contributed by atoms with Crippen LogP contribution in [0.2, 0.25) is 0 Å². The highest BCUT2D eigenvalue weighted by Crippen LogP contribution is 2.24. The van der Waals surface area contributed by atoms with Crippen LogP contribution in [-0.4, -0.2) is 27.6 Å². The number of aromatic nitrogens is 3. The molecule has 0 aliphatic rings. The van der Waals surface area contributed by atoms with Gasteiger partial charge >= 0.3 is 0 Å². The van der Waals surface area contributed by atoms with Crippen molar-refractivity contribution in [1.82, 2.24) is 15.2 Å². The van der Waals surface area contributed by atoms with Crippen LogP contribution in [-0.2, 0) is 4.79 Å². The monoisotopic (exact) mass is 265 g/mol. The summed E-state index contributed by atoms with van der Waals surface area (Å²) in [7, 11) is 0. The van der Waals surface area contributed by atoms with Crippen LogP contribution in [0.4, 0.5) is 5.95 Å². The fourth-order valence-corrected chi connectivity index (χ4v) is 1.74. The number of nitrogens with zero attached hydrogens (tertiary/aromatic N) is 3. The third-order valence-corrected chi connectivity index (χ3v) is 2.84. The van der Waals surface area contributed by atoms with Gasteiger partial charge in [-0.2, -0.15) is 5.10 Å². The van der Waals surface area contributed by atoms with Crippen LogP contribution in [0.25, 0.3) is 0 Å². The minimum absolute atomic E-state index is 0.0453. The SMILES string of the molecule is Cc1nnc(NC(=O)C(CN)CC(C)(C)C)nc1C. The number of carbonyl (C=O) groups excluding carboxylic acids is 1. The average Bonchev–Trinajstić information content (AvgIpc) is 2.29. The summed E-state index contributed by atoms with van der Waals surface area (Å²) in [6.07, 6.45) is 0.716. The van der Waals surface area contributed by atoms with Gasteiger partial charge in [-0.15, -0.1) is 5.10 Å². The Labute approximate surface area is 114 Å². The summed E-state index contributed by atoms with van der Waals surface area (Å²) >= 11 is 0. The van der Waals surface area contributed by atoms with Crippen molar-refractivity contribution in [3.63, 3.8) is 0 Å². The van der Waals surface area contributed by atoms with Crippen molar-refractivity contribution in [2.75, 3.05) is 11.9 Å². The third kappa shape index (κ3) is 4.90. The van der Waals surface area contributed by atoms with Crippen LogP contribution in [0.15, 0.2) is 0 Å². The molecule has 1 heterocycles. The van der Waals surface area contributed by atoms with Crippen molar-refractivity contribution in [2.24, 2.45) is 17.1 Å². The lowest BCUT2D eigenvalue weighted by Crippen LogP contribution is -2.33. The standard InChI is InChI=1S/C13H23N5O/c1-8-9(2)17-18-12(15-8)16-11(19)10(7-14)6-13(3,4)5/h10H,6-7,14H2,1-5H3,(H,15,16,18,19). The zero-order valence-electron chi connectivity index (χ0n) is 12.3. The topological polar surface area (TPSA) is 93.8 Å². The van der Waals surface area contributed by atoms with E-state index in [2.05, 4.69) is 41.3 Å². The van der Waals surface area contributed by atoms with Gasteiger partial charge in [-0.25, -0.2) is 4.98 Å². The van der Waals surface area contributed by atoms with Gasteiger partial charge in [-0.1, -0.05) is 20.8 Å². The maximum atomic E-state index is 12.1. The molecule has 3 N–H and O–H groups in total. The molecule has 0 bridgehead atoms. The van der Waals surface area contributed by atoms with E-state index >= 15 is 0 Å². The second-order valence-electron chi connectivity index (χ2n) is 5.99. The summed E-state index contributed by atoms with van der Waals surface area (Å²) in [4.78, 5) is 16.3. The van der Waals surface area contributed by atoms with Crippen LogP contribution in [0, 0.1) is 25.2 Å². The molecule has 1 aromatic rings. The fourth-order valence-electron chi connectivity index (χ4n) is 1.74. The highest BCUT2D eigenvalue weighted by Gasteiger charge is 2.24. The Morgan fingerprint density at radius 2 is 1.89 bits per heavy atom. The van der Waals surface area contributed by atoms with Crippen LogP contribution in [0.5, 0.6) is 0 Å². The molecule has 6 nitrogen and oxygen atoms in total. The van der Waals surface area contributed by atoms with E-state index in [9.17, 15) is 4.79 Å². The summed E-state index contributed by atoms with van der Waals surface area (Å²) in [5.41, 5.74) is 7.22.